The molecular weight excluding hydrogens is 270 g/mol. The molecular formula is C15H19N3OS. The Morgan fingerprint density at radius 1 is 1.40 bits per heavy atom. The summed E-state index contributed by atoms with van der Waals surface area (Å²) in [7, 11) is 0. The van der Waals surface area contributed by atoms with Crippen molar-refractivity contribution in [1.82, 2.24) is 4.98 Å². The first-order valence-corrected chi connectivity index (χ1v) is 7.53. The molecule has 1 aromatic carbocycles. The fraction of sp³-hybridized carbons (Fsp3) is 0.333. The SMILES string of the molecule is CC(C)c1csc(NC(=O)CCc2ccccc2N)n1. The van der Waals surface area contributed by atoms with E-state index >= 15 is 0 Å². The Hall–Kier alpha value is -1.88. The van der Waals surface area contributed by atoms with Crippen molar-refractivity contribution in [2.75, 3.05) is 11.1 Å². The van der Waals surface area contributed by atoms with Crippen LogP contribution in [0.5, 0.6) is 0 Å². The Balaban J connectivity index is 1.88. The van der Waals surface area contributed by atoms with E-state index in [2.05, 4.69) is 24.1 Å². The lowest BCUT2D eigenvalue weighted by Crippen LogP contribution is -2.12. The van der Waals surface area contributed by atoms with Crippen LogP contribution >= 0.6 is 11.3 Å². The van der Waals surface area contributed by atoms with Crippen LogP contribution in [0.15, 0.2) is 29.6 Å². The van der Waals surface area contributed by atoms with Crippen LogP contribution in [0.25, 0.3) is 0 Å². The van der Waals surface area contributed by atoms with Gasteiger partial charge in [-0.05, 0) is 24.0 Å². The number of anilines is 2. The fourth-order valence-corrected chi connectivity index (χ4v) is 2.69. The maximum absolute atomic E-state index is 11.9. The summed E-state index contributed by atoms with van der Waals surface area (Å²) < 4.78 is 0. The van der Waals surface area contributed by atoms with Crippen molar-refractivity contribution < 1.29 is 4.79 Å². The van der Waals surface area contributed by atoms with E-state index in [0.29, 0.717) is 23.9 Å². The van der Waals surface area contributed by atoms with Crippen molar-refractivity contribution in [2.45, 2.75) is 32.6 Å². The Kier molecular flexibility index (Phi) is 4.74. The number of thiazole rings is 1. The van der Waals surface area contributed by atoms with Crippen molar-refractivity contribution >= 4 is 28.1 Å². The zero-order valence-corrected chi connectivity index (χ0v) is 12.5. The first-order chi connectivity index (χ1) is 9.56. The van der Waals surface area contributed by atoms with Gasteiger partial charge in [-0.25, -0.2) is 4.98 Å². The molecule has 1 amide bonds. The van der Waals surface area contributed by atoms with Crippen LogP contribution in [0.1, 0.15) is 37.4 Å². The van der Waals surface area contributed by atoms with E-state index in [-0.39, 0.29) is 5.91 Å². The number of nitrogen functional groups attached to an aromatic ring is 1. The molecule has 2 rings (SSSR count). The Bertz CT molecular complexity index is 592. The van der Waals surface area contributed by atoms with Crippen molar-refractivity contribution in [1.29, 1.82) is 0 Å². The first kappa shape index (κ1) is 14.5. The summed E-state index contributed by atoms with van der Waals surface area (Å²) in [5.74, 6) is 0.346. The molecule has 4 nitrogen and oxygen atoms in total. The van der Waals surface area contributed by atoms with Crippen LogP contribution in [0.2, 0.25) is 0 Å². The maximum Gasteiger partial charge on any atom is 0.226 e. The van der Waals surface area contributed by atoms with E-state index < -0.39 is 0 Å². The van der Waals surface area contributed by atoms with Gasteiger partial charge in [-0.3, -0.25) is 4.79 Å². The molecule has 0 radical (unpaired) electrons. The second-order valence-electron chi connectivity index (χ2n) is 4.98. The number of rotatable bonds is 5. The van der Waals surface area contributed by atoms with Gasteiger partial charge in [0.15, 0.2) is 5.13 Å². The molecule has 0 aliphatic rings. The molecule has 0 aliphatic heterocycles. The van der Waals surface area contributed by atoms with Gasteiger partial charge >= 0.3 is 0 Å². The smallest absolute Gasteiger partial charge is 0.226 e. The molecule has 20 heavy (non-hydrogen) atoms. The lowest BCUT2D eigenvalue weighted by molar-refractivity contribution is -0.116. The minimum atomic E-state index is -0.0297. The number of hydrogen-bond acceptors (Lipinski definition) is 4. The average molecular weight is 289 g/mol. The zero-order valence-electron chi connectivity index (χ0n) is 11.7. The van der Waals surface area contributed by atoms with Crippen molar-refractivity contribution in [3.63, 3.8) is 0 Å². The van der Waals surface area contributed by atoms with Crippen LogP contribution in [0, 0.1) is 0 Å². The highest BCUT2D eigenvalue weighted by Gasteiger charge is 2.09. The standard InChI is InChI=1S/C15H19N3OS/c1-10(2)13-9-20-15(17-13)18-14(19)8-7-11-5-3-4-6-12(11)16/h3-6,9-10H,7-8,16H2,1-2H3,(H,17,18,19). The number of hydrogen-bond donors (Lipinski definition) is 2. The number of aryl methyl sites for hydroxylation is 1. The third-order valence-corrected chi connectivity index (χ3v) is 3.81. The number of aromatic nitrogens is 1. The molecule has 2 aromatic rings. The summed E-state index contributed by atoms with van der Waals surface area (Å²) >= 11 is 1.46. The molecule has 0 atom stereocenters. The quantitative estimate of drug-likeness (QED) is 0.829. The minimum Gasteiger partial charge on any atom is -0.399 e. The third kappa shape index (κ3) is 3.81. The molecule has 0 unspecified atom stereocenters. The first-order valence-electron chi connectivity index (χ1n) is 6.65. The second kappa shape index (κ2) is 6.52. The number of nitrogens with one attached hydrogen (secondary N) is 1. The van der Waals surface area contributed by atoms with E-state index in [9.17, 15) is 4.79 Å². The van der Waals surface area contributed by atoms with Crippen LogP contribution in [0.3, 0.4) is 0 Å². The van der Waals surface area contributed by atoms with Crippen LogP contribution in [-0.2, 0) is 11.2 Å². The Morgan fingerprint density at radius 3 is 2.80 bits per heavy atom. The van der Waals surface area contributed by atoms with Crippen LogP contribution in [-0.4, -0.2) is 10.9 Å². The fourth-order valence-electron chi connectivity index (χ4n) is 1.80. The summed E-state index contributed by atoms with van der Waals surface area (Å²) in [4.78, 5) is 16.3. The highest BCUT2D eigenvalue weighted by Crippen LogP contribution is 2.21. The molecule has 0 saturated heterocycles. The number of nitrogens with two attached hydrogens (primary N) is 1. The zero-order chi connectivity index (χ0) is 14.5. The molecule has 0 saturated carbocycles. The van der Waals surface area contributed by atoms with Gasteiger partial charge < -0.3 is 11.1 Å². The lowest BCUT2D eigenvalue weighted by atomic mass is 10.1. The van der Waals surface area contributed by atoms with E-state index in [1.165, 1.54) is 11.3 Å². The topological polar surface area (TPSA) is 68.0 Å². The molecule has 0 fully saturated rings. The second-order valence-corrected chi connectivity index (χ2v) is 5.84. The van der Waals surface area contributed by atoms with E-state index in [1.54, 1.807) is 0 Å². The van der Waals surface area contributed by atoms with Crippen molar-refractivity contribution in [3.8, 4) is 0 Å². The molecule has 0 bridgehead atoms. The number of carbonyl (C=O) groups excluding carboxylic acids is 1. The molecule has 1 heterocycles. The predicted molar refractivity (Wildman–Crippen MR) is 84.0 cm³/mol. The number of benzene rings is 1. The minimum absolute atomic E-state index is 0.0297. The highest BCUT2D eigenvalue weighted by molar-refractivity contribution is 7.13. The Morgan fingerprint density at radius 2 is 2.15 bits per heavy atom. The van der Waals surface area contributed by atoms with Gasteiger partial charge in [0.05, 0.1) is 5.69 Å². The normalized spacial score (nSPS) is 10.8. The molecule has 3 N–H and O–H groups in total. The number of carbonyl (C=O) groups is 1. The number of amides is 1. The number of para-hydroxylation sites is 1. The van der Waals surface area contributed by atoms with Gasteiger partial charge in [-0.2, -0.15) is 0 Å². The van der Waals surface area contributed by atoms with E-state index in [4.69, 9.17) is 5.73 Å². The van der Waals surface area contributed by atoms with Crippen LogP contribution in [0.4, 0.5) is 10.8 Å². The van der Waals surface area contributed by atoms with Gasteiger partial charge in [0, 0.05) is 17.5 Å². The summed E-state index contributed by atoms with van der Waals surface area (Å²) in [6.07, 6.45) is 1.05. The molecule has 106 valence electrons. The van der Waals surface area contributed by atoms with Gasteiger partial charge in [0.1, 0.15) is 0 Å². The van der Waals surface area contributed by atoms with E-state index in [0.717, 1.165) is 16.9 Å². The average Bonchev–Trinajstić information content (AvgIpc) is 2.86. The maximum atomic E-state index is 11.9. The van der Waals surface area contributed by atoms with Gasteiger partial charge in [-0.15, -0.1) is 11.3 Å². The summed E-state index contributed by atoms with van der Waals surface area (Å²) in [6, 6.07) is 7.62. The summed E-state index contributed by atoms with van der Waals surface area (Å²) in [5.41, 5.74) is 8.60. The summed E-state index contributed by atoms with van der Waals surface area (Å²) in [5, 5.41) is 5.48. The lowest BCUT2D eigenvalue weighted by Gasteiger charge is -2.05. The molecule has 0 aliphatic carbocycles. The van der Waals surface area contributed by atoms with Crippen molar-refractivity contribution in [2.24, 2.45) is 0 Å². The third-order valence-electron chi connectivity index (χ3n) is 3.04. The molecule has 0 spiro atoms. The van der Waals surface area contributed by atoms with Gasteiger partial charge in [-0.1, -0.05) is 32.0 Å². The monoisotopic (exact) mass is 289 g/mol. The molecule has 5 heteroatoms. The van der Waals surface area contributed by atoms with Crippen molar-refractivity contribution in [3.05, 3.63) is 40.9 Å². The van der Waals surface area contributed by atoms with Crippen LogP contribution < -0.4 is 11.1 Å². The number of nitrogens with zero attached hydrogens (tertiary/aromatic N) is 1. The van der Waals surface area contributed by atoms with Gasteiger partial charge in [0.25, 0.3) is 0 Å². The largest absolute Gasteiger partial charge is 0.399 e. The van der Waals surface area contributed by atoms with E-state index in [1.807, 2.05) is 29.6 Å². The van der Waals surface area contributed by atoms with Gasteiger partial charge in [0.2, 0.25) is 5.91 Å². The molecule has 1 aromatic heterocycles. The summed E-state index contributed by atoms with van der Waals surface area (Å²) in [6.45, 7) is 4.16. The Labute approximate surface area is 123 Å². The predicted octanol–water partition coefficient (Wildman–Crippen LogP) is 3.42. The highest BCUT2D eigenvalue weighted by atomic mass is 32.1.